The van der Waals surface area contributed by atoms with Gasteiger partial charge in [0, 0.05) is 26.2 Å². The van der Waals surface area contributed by atoms with E-state index in [0.29, 0.717) is 47.3 Å². The molecular formula is C22H26FN3O4S. The number of ketones is 1. The number of nitrogens with one attached hydrogen (secondary N) is 1. The Bertz CT molecular complexity index is 983. The molecule has 1 aromatic heterocycles. The predicted molar refractivity (Wildman–Crippen MR) is 119 cm³/mol. The van der Waals surface area contributed by atoms with Crippen LogP contribution in [0.25, 0.3) is 0 Å². The molecule has 166 valence electrons. The molecule has 2 aromatic rings. The van der Waals surface area contributed by atoms with E-state index in [1.54, 1.807) is 32.0 Å². The van der Waals surface area contributed by atoms with Crippen LogP contribution in [0.2, 0.25) is 0 Å². The van der Waals surface area contributed by atoms with Crippen LogP contribution >= 0.6 is 11.3 Å². The summed E-state index contributed by atoms with van der Waals surface area (Å²) in [5, 5.41) is 3.11. The van der Waals surface area contributed by atoms with E-state index in [1.165, 1.54) is 13.0 Å². The predicted octanol–water partition coefficient (Wildman–Crippen LogP) is 3.34. The minimum atomic E-state index is -0.558. The molecule has 0 aliphatic carbocycles. The smallest absolute Gasteiger partial charge is 0.341 e. The van der Waals surface area contributed by atoms with E-state index in [4.69, 9.17) is 4.74 Å². The molecule has 1 aliphatic heterocycles. The summed E-state index contributed by atoms with van der Waals surface area (Å²) in [4.78, 5) is 41.3. The summed E-state index contributed by atoms with van der Waals surface area (Å²) in [7, 11) is 0. The van der Waals surface area contributed by atoms with E-state index in [9.17, 15) is 18.8 Å². The summed E-state index contributed by atoms with van der Waals surface area (Å²) in [5.41, 5.74) is 1.32. The number of anilines is 2. The van der Waals surface area contributed by atoms with E-state index in [1.807, 2.05) is 9.80 Å². The van der Waals surface area contributed by atoms with Gasteiger partial charge in [-0.3, -0.25) is 14.5 Å². The standard InChI is InChI=1S/C22H26FN3O4S/c1-4-30-22(29)19-14(2)20(15(3)27)31-21(19)24-18(28)13-25-9-11-26(12-10-25)17-8-6-5-7-16(17)23/h5-8H,4,9-13H2,1-3H3,(H,24,28). The lowest BCUT2D eigenvalue weighted by Gasteiger charge is -2.35. The molecule has 1 aromatic carbocycles. The normalized spacial score (nSPS) is 14.4. The highest BCUT2D eigenvalue weighted by Crippen LogP contribution is 2.34. The van der Waals surface area contributed by atoms with Crippen LogP contribution in [-0.4, -0.2) is 61.9 Å². The van der Waals surface area contributed by atoms with Gasteiger partial charge in [-0.05, 0) is 38.5 Å². The van der Waals surface area contributed by atoms with Gasteiger partial charge in [-0.15, -0.1) is 11.3 Å². The highest BCUT2D eigenvalue weighted by Gasteiger charge is 2.26. The summed E-state index contributed by atoms with van der Waals surface area (Å²) in [6, 6.07) is 6.65. The average Bonchev–Trinajstić information content (AvgIpc) is 3.05. The van der Waals surface area contributed by atoms with Crippen LogP contribution in [0.1, 0.15) is 39.4 Å². The maximum atomic E-state index is 14.0. The maximum Gasteiger partial charge on any atom is 0.341 e. The van der Waals surface area contributed by atoms with Crippen LogP contribution in [0, 0.1) is 12.7 Å². The van der Waals surface area contributed by atoms with Crippen LogP contribution in [0.3, 0.4) is 0 Å². The second-order valence-corrected chi connectivity index (χ2v) is 8.32. The fourth-order valence-electron chi connectivity index (χ4n) is 3.61. The van der Waals surface area contributed by atoms with Crippen molar-refractivity contribution in [2.24, 2.45) is 0 Å². The summed E-state index contributed by atoms with van der Waals surface area (Å²) < 4.78 is 19.1. The van der Waals surface area contributed by atoms with Crippen LogP contribution in [0.4, 0.5) is 15.1 Å². The number of piperazine rings is 1. The number of halogens is 1. The molecule has 0 atom stereocenters. The Morgan fingerprint density at radius 3 is 2.45 bits per heavy atom. The molecule has 1 fully saturated rings. The molecule has 2 heterocycles. The third kappa shape index (κ3) is 5.29. The first-order chi connectivity index (χ1) is 14.8. The quantitative estimate of drug-likeness (QED) is 0.518. The van der Waals surface area contributed by atoms with Crippen molar-refractivity contribution in [2.45, 2.75) is 20.8 Å². The zero-order valence-electron chi connectivity index (χ0n) is 17.9. The monoisotopic (exact) mass is 447 g/mol. The molecule has 0 unspecified atom stereocenters. The van der Waals surface area contributed by atoms with Gasteiger partial charge in [0.05, 0.1) is 29.3 Å². The van der Waals surface area contributed by atoms with Gasteiger partial charge in [0.25, 0.3) is 0 Å². The number of thiophene rings is 1. The molecule has 9 heteroatoms. The number of rotatable bonds is 7. The Labute approximate surface area is 184 Å². The first-order valence-corrected chi connectivity index (χ1v) is 11.0. The van der Waals surface area contributed by atoms with Crippen LogP contribution in [0.5, 0.6) is 0 Å². The van der Waals surface area contributed by atoms with Crippen molar-refractivity contribution in [3.8, 4) is 0 Å². The summed E-state index contributed by atoms with van der Waals surface area (Å²) in [6.45, 7) is 7.56. The molecule has 7 nitrogen and oxygen atoms in total. The first kappa shape index (κ1) is 22.9. The lowest BCUT2D eigenvalue weighted by Crippen LogP contribution is -2.48. The molecule has 0 spiro atoms. The number of ether oxygens (including phenoxy) is 1. The maximum absolute atomic E-state index is 14.0. The molecular weight excluding hydrogens is 421 g/mol. The number of nitrogens with zero attached hydrogens (tertiary/aromatic N) is 2. The number of amides is 1. The molecule has 31 heavy (non-hydrogen) atoms. The number of para-hydroxylation sites is 1. The average molecular weight is 448 g/mol. The number of benzene rings is 1. The number of carbonyl (C=O) groups is 3. The topological polar surface area (TPSA) is 79.0 Å². The molecule has 1 saturated heterocycles. The molecule has 1 N–H and O–H groups in total. The Morgan fingerprint density at radius 1 is 1.16 bits per heavy atom. The van der Waals surface area contributed by atoms with Gasteiger partial charge in [0.15, 0.2) is 5.78 Å². The molecule has 1 amide bonds. The number of esters is 1. The van der Waals surface area contributed by atoms with Gasteiger partial charge in [0.2, 0.25) is 5.91 Å². The zero-order valence-corrected chi connectivity index (χ0v) is 18.7. The molecule has 0 radical (unpaired) electrons. The Morgan fingerprint density at radius 2 is 1.84 bits per heavy atom. The Hall–Kier alpha value is -2.78. The largest absolute Gasteiger partial charge is 0.462 e. The van der Waals surface area contributed by atoms with Crippen molar-refractivity contribution >= 4 is 39.7 Å². The zero-order chi connectivity index (χ0) is 22.5. The van der Waals surface area contributed by atoms with Crippen molar-refractivity contribution < 1.29 is 23.5 Å². The molecule has 0 bridgehead atoms. The fourth-order valence-corrected chi connectivity index (χ4v) is 4.72. The minimum Gasteiger partial charge on any atom is -0.462 e. The van der Waals surface area contributed by atoms with Crippen molar-refractivity contribution in [1.29, 1.82) is 0 Å². The van der Waals surface area contributed by atoms with E-state index >= 15 is 0 Å². The lowest BCUT2D eigenvalue weighted by molar-refractivity contribution is -0.117. The highest BCUT2D eigenvalue weighted by molar-refractivity contribution is 7.18. The van der Waals surface area contributed by atoms with Gasteiger partial charge in [-0.1, -0.05) is 12.1 Å². The Balaban J connectivity index is 1.64. The molecule has 3 rings (SSSR count). The summed E-state index contributed by atoms with van der Waals surface area (Å²) >= 11 is 1.09. The van der Waals surface area contributed by atoms with Crippen LogP contribution in [0.15, 0.2) is 24.3 Å². The summed E-state index contributed by atoms with van der Waals surface area (Å²) in [5.74, 6) is -1.26. The third-order valence-corrected chi connectivity index (χ3v) is 6.44. The number of carbonyl (C=O) groups excluding carboxylic acids is 3. The minimum absolute atomic E-state index is 0.139. The van der Waals surface area contributed by atoms with Gasteiger partial charge < -0.3 is 15.0 Å². The SMILES string of the molecule is CCOC(=O)c1c(NC(=O)CN2CCN(c3ccccc3F)CC2)sc(C(C)=O)c1C. The summed E-state index contributed by atoms with van der Waals surface area (Å²) in [6.07, 6.45) is 0. The Kier molecular flexibility index (Phi) is 7.40. The van der Waals surface area contributed by atoms with Crippen LogP contribution in [-0.2, 0) is 9.53 Å². The highest BCUT2D eigenvalue weighted by atomic mass is 32.1. The van der Waals surface area contributed by atoms with E-state index in [-0.39, 0.29) is 36.2 Å². The molecule has 1 aliphatic rings. The number of hydrogen-bond donors (Lipinski definition) is 1. The molecule has 0 saturated carbocycles. The second-order valence-electron chi connectivity index (χ2n) is 7.30. The van der Waals surface area contributed by atoms with E-state index in [2.05, 4.69) is 5.32 Å². The van der Waals surface area contributed by atoms with Gasteiger partial charge >= 0.3 is 5.97 Å². The van der Waals surface area contributed by atoms with Crippen LogP contribution < -0.4 is 10.2 Å². The third-order valence-electron chi connectivity index (χ3n) is 5.13. The van der Waals surface area contributed by atoms with Gasteiger partial charge in [-0.25, -0.2) is 9.18 Å². The van der Waals surface area contributed by atoms with Crippen molar-refractivity contribution in [3.63, 3.8) is 0 Å². The number of Topliss-reactive ketones (excluding diaryl/α,β-unsaturated/α-hetero) is 1. The van der Waals surface area contributed by atoms with Gasteiger partial charge in [0.1, 0.15) is 10.8 Å². The van der Waals surface area contributed by atoms with Crippen molar-refractivity contribution in [3.05, 3.63) is 46.1 Å². The van der Waals surface area contributed by atoms with E-state index < -0.39 is 5.97 Å². The second kappa shape index (κ2) is 10.0. The first-order valence-electron chi connectivity index (χ1n) is 10.1. The van der Waals surface area contributed by atoms with Crippen molar-refractivity contribution in [1.82, 2.24) is 4.90 Å². The van der Waals surface area contributed by atoms with Gasteiger partial charge in [-0.2, -0.15) is 0 Å². The van der Waals surface area contributed by atoms with Crippen molar-refractivity contribution in [2.75, 3.05) is 49.5 Å². The lowest BCUT2D eigenvalue weighted by atomic mass is 10.1. The number of hydrogen-bond acceptors (Lipinski definition) is 7. The van der Waals surface area contributed by atoms with E-state index in [0.717, 1.165) is 11.3 Å². The fraction of sp³-hybridized carbons (Fsp3) is 0.409.